The zero-order valence-corrected chi connectivity index (χ0v) is 12.5. The van der Waals surface area contributed by atoms with Crippen LogP contribution in [0.25, 0.3) is 0 Å². The molecule has 1 aliphatic rings. The third-order valence-corrected chi connectivity index (χ3v) is 4.06. The number of methoxy groups -OCH3 is 1. The summed E-state index contributed by atoms with van der Waals surface area (Å²) in [4.78, 5) is 28.2. The summed E-state index contributed by atoms with van der Waals surface area (Å²) in [6, 6.07) is 3.74. The van der Waals surface area contributed by atoms with E-state index < -0.39 is 23.2 Å². The van der Waals surface area contributed by atoms with Crippen molar-refractivity contribution in [1.82, 2.24) is 0 Å². The molecule has 0 N–H and O–H groups in total. The molecule has 1 aliphatic carbocycles. The van der Waals surface area contributed by atoms with Gasteiger partial charge in [0, 0.05) is 6.42 Å². The number of thiocarbonyl (C=S) groups is 1. The molecule has 6 heteroatoms. The molecule has 1 aromatic carbocycles. The fraction of sp³-hybridized carbons (Fsp3) is 0.400. The second-order valence-corrected chi connectivity index (χ2v) is 5.25. The van der Waals surface area contributed by atoms with Gasteiger partial charge in [-0.2, -0.15) is 0 Å². The Morgan fingerprint density at radius 3 is 2.90 bits per heavy atom. The zero-order chi connectivity index (χ0) is 15.6. The number of halogens is 1. The monoisotopic (exact) mass is 307 g/mol. The summed E-state index contributed by atoms with van der Waals surface area (Å²) in [5.41, 5.74) is -0.411. The van der Waals surface area contributed by atoms with Crippen LogP contribution in [0.5, 0.6) is 0 Å². The van der Waals surface area contributed by atoms with Crippen LogP contribution in [0.3, 0.4) is 0 Å². The number of ether oxygens (including phenoxy) is 1. The molecule has 0 spiro atoms. The number of Topliss-reactive ketones (excluding diaryl/α,β-unsaturated/α-hetero) is 1. The summed E-state index contributed by atoms with van der Waals surface area (Å²) >= 11 is 4.53. The number of hydrogen-bond donors (Lipinski definition) is 0. The van der Waals surface area contributed by atoms with Gasteiger partial charge in [0.2, 0.25) is 0 Å². The van der Waals surface area contributed by atoms with Gasteiger partial charge in [0.25, 0.3) is 0 Å². The highest BCUT2D eigenvalue weighted by Gasteiger charge is 2.53. The molecule has 0 aliphatic heterocycles. The van der Waals surface area contributed by atoms with Crippen LogP contribution in [0, 0.1) is 12.7 Å². The predicted molar refractivity (Wildman–Crippen MR) is 77.9 cm³/mol. The Kier molecular flexibility index (Phi) is 4.30. The molecule has 1 fully saturated rings. The lowest BCUT2D eigenvalue weighted by Gasteiger charge is -2.27. The zero-order valence-electron chi connectivity index (χ0n) is 11.7. The molecule has 1 aromatic rings. The third-order valence-electron chi connectivity index (χ3n) is 3.96. The number of carbonyl (C=O) groups is 2. The predicted octanol–water partition coefficient (Wildman–Crippen LogP) is 2.38. The molecule has 1 saturated carbocycles. The van der Waals surface area contributed by atoms with E-state index in [1.54, 1.807) is 13.0 Å². The Morgan fingerprint density at radius 2 is 2.29 bits per heavy atom. The van der Waals surface area contributed by atoms with E-state index in [2.05, 4.69) is 22.4 Å². The van der Waals surface area contributed by atoms with Crippen molar-refractivity contribution in [2.75, 3.05) is 7.11 Å². The number of rotatable bonds is 3. The minimum absolute atomic E-state index is 0.0743. The minimum atomic E-state index is -1.21. The molecular weight excluding hydrogens is 293 g/mol. The fourth-order valence-electron chi connectivity index (χ4n) is 2.90. The molecule has 0 heterocycles. The highest BCUT2D eigenvalue weighted by Crippen LogP contribution is 2.43. The number of benzene rings is 1. The Morgan fingerprint density at radius 1 is 1.57 bits per heavy atom. The van der Waals surface area contributed by atoms with Crippen LogP contribution in [0.4, 0.5) is 4.39 Å². The van der Waals surface area contributed by atoms with E-state index in [-0.39, 0.29) is 18.6 Å². The van der Waals surface area contributed by atoms with Crippen LogP contribution in [0.1, 0.15) is 24.0 Å². The molecule has 0 bridgehead atoms. The molecule has 0 saturated heterocycles. The summed E-state index contributed by atoms with van der Waals surface area (Å²) < 4.78 is 18.7. The molecular formula is C15H14FNO3S. The van der Waals surface area contributed by atoms with Crippen molar-refractivity contribution < 1.29 is 18.7 Å². The topological polar surface area (TPSA) is 55.7 Å². The highest BCUT2D eigenvalue weighted by molar-refractivity contribution is 7.78. The smallest absolute Gasteiger partial charge is 0.316 e. The molecule has 4 nitrogen and oxygen atoms in total. The average Bonchev–Trinajstić information content (AvgIpc) is 2.79. The van der Waals surface area contributed by atoms with Gasteiger partial charge in [-0.3, -0.25) is 9.59 Å². The van der Waals surface area contributed by atoms with Crippen LogP contribution in [0.15, 0.2) is 23.2 Å². The van der Waals surface area contributed by atoms with E-state index in [0.29, 0.717) is 11.1 Å². The number of ketones is 1. The molecule has 21 heavy (non-hydrogen) atoms. The van der Waals surface area contributed by atoms with Crippen molar-refractivity contribution in [3.63, 3.8) is 0 Å². The first kappa shape index (κ1) is 15.5. The van der Waals surface area contributed by atoms with Crippen molar-refractivity contribution in [2.45, 2.75) is 31.2 Å². The van der Waals surface area contributed by atoms with Crippen molar-refractivity contribution in [3.05, 3.63) is 35.1 Å². The summed E-state index contributed by atoms with van der Waals surface area (Å²) in [7, 11) is 1.25. The van der Waals surface area contributed by atoms with E-state index in [0.717, 1.165) is 0 Å². The molecule has 2 rings (SSSR count). The number of aliphatic imine (C=N–C) groups is 1. The second kappa shape index (κ2) is 5.84. The van der Waals surface area contributed by atoms with Crippen LogP contribution in [-0.4, -0.2) is 30.1 Å². The molecule has 0 amide bonds. The maximum atomic E-state index is 13.8. The quantitative estimate of drug-likeness (QED) is 0.489. The maximum Gasteiger partial charge on any atom is 0.316 e. The van der Waals surface area contributed by atoms with Gasteiger partial charge in [-0.25, -0.2) is 9.38 Å². The van der Waals surface area contributed by atoms with Gasteiger partial charge in [0.15, 0.2) is 5.78 Å². The van der Waals surface area contributed by atoms with Crippen molar-refractivity contribution in [1.29, 1.82) is 0 Å². The number of hydrogen-bond acceptors (Lipinski definition) is 5. The van der Waals surface area contributed by atoms with Crippen molar-refractivity contribution in [2.24, 2.45) is 4.99 Å². The first-order chi connectivity index (χ1) is 9.96. The first-order valence-corrected chi connectivity index (χ1v) is 6.81. The normalized spacial score (nSPS) is 24.5. The third kappa shape index (κ3) is 2.52. The average molecular weight is 307 g/mol. The van der Waals surface area contributed by atoms with Crippen molar-refractivity contribution >= 4 is 29.1 Å². The Labute approximate surface area is 127 Å². The SMILES string of the molecule is COC(=O)C1(c2cccc(F)c2C)CC(=O)C(N=C=S)C1. The largest absolute Gasteiger partial charge is 0.468 e. The van der Waals surface area contributed by atoms with Gasteiger partial charge in [-0.05, 0) is 42.8 Å². The maximum absolute atomic E-state index is 13.8. The van der Waals surface area contributed by atoms with Crippen LogP contribution in [-0.2, 0) is 19.7 Å². The number of carbonyl (C=O) groups excluding carboxylic acids is 2. The van der Waals surface area contributed by atoms with E-state index in [1.807, 2.05) is 0 Å². The van der Waals surface area contributed by atoms with Gasteiger partial charge in [-0.15, -0.1) is 0 Å². The second-order valence-electron chi connectivity index (χ2n) is 5.07. The fourth-order valence-corrected chi connectivity index (χ4v) is 3.03. The Bertz CT molecular complexity index is 654. The van der Waals surface area contributed by atoms with E-state index in [9.17, 15) is 14.0 Å². The van der Waals surface area contributed by atoms with Gasteiger partial charge in [0.05, 0.1) is 12.3 Å². The number of esters is 1. The Hall–Kier alpha value is -1.91. The first-order valence-electron chi connectivity index (χ1n) is 6.40. The summed E-state index contributed by atoms with van der Waals surface area (Å²) in [5.74, 6) is -1.21. The lowest BCUT2D eigenvalue weighted by Crippen LogP contribution is -2.36. The van der Waals surface area contributed by atoms with E-state index in [4.69, 9.17) is 4.74 Å². The number of isothiocyanates is 1. The number of nitrogens with zero attached hydrogens (tertiary/aromatic N) is 1. The van der Waals surface area contributed by atoms with Crippen LogP contribution >= 0.6 is 12.2 Å². The lowest BCUT2D eigenvalue weighted by molar-refractivity contribution is -0.148. The summed E-state index contributed by atoms with van der Waals surface area (Å²) in [5, 5.41) is 2.17. The minimum Gasteiger partial charge on any atom is -0.468 e. The van der Waals surface area contributed by atoms with Gasteiger partial charge >= 0.3 is 5.97 Å². The highest BCUT2D eigenvalue weighted by atomic mass is 32.1. The standard InChI is InChI=1S/C15H14FNO3S/c1-9-10(4-3-5-11(9)16)15(14(19)20-2)6-12(17-8-21)13(18)7-15/h3-5,12H,6-7H2,1-2H3. The lowest BCUT2D eigenvalue weighted by atomic mass is 9.76. The van der Waals surface area contributed by atoms with Gasteiger partial charge in [0.1, 0.15) is 17.3 Å². The van der Waals surface area contributed by atoms with E-state index >= 15 is 0 Å². The van der Waals surface area contributed by atoms with Gasteiger partial charge < -0.3 is 4.74 Å². The molecule has 2 unspecified atom stereocenters. The Balaban J connectivity index is 2.60. The molecule has 2 atom stereocenters. The summed E-state index contributed by atoms with van der Waals surface area (Å²) in [6.07, 6.45) is 0.0432. The molecule has 110 valence electrons. The van der Waals surface area contributed by atoms with Crippen molar-refractivity contribution in [3.8, 4) is 0 Å². The van der Waals surface area contributed by atoms with Crippen LogP contribution < -0.4 is 0 Å². The molecule has 0 radical (unpaired) electrons. The molecule has 0 aromatic heterocycles. The van der Waals surface area contributed by atoms with E-state index in [1.165, 1.54) is 19.2 Å². The van der Waals surface area contributed by atoms with Crippen LogP contribution in [0.2, 0.25) is 0 Å². The van der Waals surface area contributed by atoms with Gasteiger partial charge in [-0.1, -0.05) is 12.1 Å². The summed E-state index contributed by atoms with van der Waals surface area (Å²) in [6.45, 7) is 1.58.